The highest BCUT2D eigenvalue weighted by Crippen LogP contribution is 2.41. The van der Waals surface area contributed by atoms with Crippen LogP contribution in [-0.2, 0) is 19.1 Å². The summed E-state index contributed by atoms with van der Waals surface area (Å²) in [6.45, 7) is 7.58. The van der Waals surface area contributed by atoms with Crippen LogP contribution in [0.3, 0.4) is 0 Å². The summed E-state index contributed by atoms with van der Waals surface area (Å²) in [6, 6.07) is 0. The van der Waals surface area contributed by atoms with E-state index in [1.54, 1.807) is 27.7 Å². The average molecular weight is 313 g/mol. The molecule has 1 spiro atoms. The maximum atomic E-state index is 12.0. The van der Waals surface area contributed by atoms with E-state index >= 15 is 0 Å². The molecule has 2 aliphatic heterocycles. The number of carbonyl (C=O) groups is 3. The smallest absolute Gasteiger partial charge is 0.410 e. The van der Waals surface area contributed by atoms with Crippen LogP contribution < -0.4 is 0 Å². The molecule has 1 N–H and O–H groups in total. The molecule has 0 bridgehead atoms. The number of aliphatic carboxylic acids is 1. The van der Waals surface area contributed by atoms with Gasteiger partial charge in [-0.15, -0.1) is 0 Å². The van der Waals surface area contributed by atoms with Gasteiger partial charge in [0.05, 0.1) is 5.60 Å². The number of ketones is 1. The molecule has 0 aromatic carbocycles. The summed E-state index contributed by atoms with van der Waals surface area (Å²) in [6.07, 6.45) is -0.501. The average Bonchev–Trinajstić information content (AvgIpc) is 2.59. The van der Waals surface area contributed by atoms with Gasteiger partial charge in [0.15, 0.2) is 5.78 Å². The Morgan fingerprint density at radius 2 is 1.86 bits per heavy atom. The first-order valence-electron chi connectivity index (χ1n) is 7.48. The molecule has 1 amide bonds. The molecule has 7 nitrogen and oxygen atoms in total. The van der Waals surface area contributed by atoms with Crippen LogP contribution in [0.1, 0.15) is 40.5 Å². The van der Waals surface area contributed by atoms with E-state index in [-0.39, 0.29) is 0 Å². The fraction of sp³-hybridized carbons (Fsp3) is 0.800. The maximum absolute atomic E-state index is 12.0. The molecule has 0 aromatic rings. The molecule has 0 saturated carbocycles. The van der Waals surface area contributed by atoms with Gasteiger partial charge in [-0.25, -0.2) is 4.79 Å². The van der Waals surface area contributed by atoms with Crippen LogP contribution >= 0.6 is 0 Å². The van der Waals surface area contributed by atoms with Crippen molar-refractivity contribution in [1.82, 2.24) is 4.90 Å². The van der Waals surface area contributed by atoms with Crippen LogP contribution in [0.2, 0.25) is 0 Å². The Kier molecular flexibility index (Phi) is 4.21. The number of carboxylic acid groups (broad SMARTS) is 1. The number of hydrogen-bond acceptors (Lipinski definition) is 5. The number of amides is 1. The van der Waals surface area contributed by atoms with Gasteiger partial charge < -0.3 is 19.5 Å². The number of nitrogens with zero attached hydrogens (tertiary/aromatic N) is 1. The van der Waals surface area contributed by atoms with Crippen LogP contribution in [0.15, 0.2) is 0 Å². The summed E-state index contributed by atoms with van der Waals surface area (Å²) in [5.41, 5.74) is -1.58. The van der Waals surface area contributed by atoms with E-state index in [2.05, 4.69) is 0 Å². The minimum Gasteiger partial charge on any atom is -0.481 e. The van der Waals surface area contributed by atoms with E-state index in [0.29, 0.717) is 25.9 Å². The molecular formula is C15H23NO6. The number of carboxylic acids is 1. The molecule has 2 heterocycles. The zero-order valence-electron chi connectivity index (χ0n) is 13.4. The summed E-state index contributed by atoms with van der Waals surface area (Å²) in [4.78, 5) is 37.0. The zero-order chi connectivity index (χ0) is 16.7. The molecule has 0 aromatic heterocycles. The molecule has 22 heavy (non-hydrogen) atoms. The van der Waals surface area contributed by atoms with Crippen molar-refractivity contribution in [2.24, 2.45) is 5.92 Å². The summed E-state index contributed by atoms with van der Waals surface area (Å²) in [7, 11) is 0. The molecule has 2 atom stereocenters. The van der Waals surface area contributed by atoms with Gasteiger partial charge in [0.25, 0.3) is 0 Å². The molecule has 0 aliphatic carbocycles. The standard InChI is InChI=1S/C15H23NO6/c1-9-11(17)10(12(18)19)15(21-9)5-7-16(8-6-15)13(20)22-14(2,3)4/h9-10H,5-8H2,1-4H3,(H,18,19). The van der Waals surface area contributed by atoms with Gasteiger partial charge in [-0.2, -0.15) is 0 Å². The minimum absolute atomic E-state index is 0.318. The number of ether oxygens (including phenoxy) is 2. The van der Waals surface area contributed by atoms with Gasteiger partial charge in [-0.05, 0) is 40.5 Å². The van der Waals surface area contributed by atoms with Crippen molar-refractivity contribution in [1.29, 1.82) is 0 Å². The van der Waals surface area contributed by atoms with Crippen molar-refractivity contribution < 1.29 is 29.0 Å². The van der Waals surface area contributed by atoms with Crippen LogP contribution in [0, 0.1) is 5.92 Å². The number of rotatable bonds is 1. The number of likely N-dealkylation sites (tertiary alicyclic amines) is 1. The first kappa shape index (κ1) is 16.7. The fourth-order valence-electron chi connectivity index (χ4n) is 3.12. The largest absolute Gasteiger partial charge is 0.481 e. The SMILES string of the molecule is CC1OC2(CCN(C(=O)OC(C)(C)C)CC2)C(C(=O)O)C1=O. The van der Waals surface area contributed by atoms with E-state index < -0.39 is 41.1 Å². The molecule has 7 heteroatoms. The van der Waals surface area contributed by atoms with Crippen LogP contribution in [0.4, 0.5) is 4.79 Å². The highest BCUT2D eigenvalue weighted by Gasteiger charge is 2.58. The van der Waals surface area contributed by atoms with Gasteiger partial charge in [-0.1, -0.05) is 0 Å². The van der Waals surface area contributed by atoms with Crippen LogP contribution in [0.5, 0.6) is 0 Å². The number of piperidine rings is 1. The Bertz CT molecular complexity index is 487. The molecule has 2 saturated heterocycles. The Labute approximate surface area is 129 Å². The molecule has 124 valence electrons. The second-order valence-corrected chi connectivity index (χ2v) is 6.97. The number of Topliss-reactive ketones (excluding diaryl/α,β-unsaturated/α-hetero) is 1. The second-order valence-electron chi connectivity index (χ2n) is 6.97. The highest BCUT2D eigenvalue weighted by atomic mass is 16.6. The van der Waals surface area contributed by atoms with Crippen LogP contribution in [-0.4, -0.2) is 58.2 Å². The maximum Gasteiger partial charge on any atom is 0.410 e. The first-order valence-corrected chi connectivity index (χ1v) is 7.48. The predicted octanol–water partition coefficient (Wildman–Crippen LogP) is 1.44. The van der Waals surface area contributed by atoms with Gasteiger partial charge in [0.2, 0.25) is 0 Å². The van der Waals surface area contributed by atoms with Crippen molar-refractivity contribution in [2.75, 3.05) is 13.1 Å². The monoisotopic (exact) mass is 313 g/mol. The Hall–Kier alpha value is -1.63. The molecule has 2 fully saturated rings. The van der Waals surface area contributed by atoms with E-state index in [9.17, 15) is 19.5 Å². The van der Waals surface area contributed by atoms with Crippen molar-refractivity contribution in [3.8, 4) is 0 Å². The lowest BCUT2D eigenvalue weighted by Gasteiger charge is -2.40. The lowest BCUT2D eigenvalue weighted by atomic mass is 9.79. The fourth-order valence-corrected chi connectivity index (χ4v) is 3.12. The van der Waals surface area contributed by atoms with Gasteiger partial charge >= 0.3 is 12.1 Å². The number of hydrogen-bond donors (Lipinski definition) is 1. The first-order chi connectivity index (χ1) is 10.1. The Morgan fingerprint density at radius 3 is 2.32 bits per heavy atom. The summed E-state index contributed by atoms with van der Waals surface area (Å²) in [5, 5.41) is 9.34. The topological polar surface area (TPSA) is 93.1 Å². The minimum atomic E-state index is -1.15. The Balaban J connectivity index is 2.06. The highest BCUT2D eigenvalue weighted by molar-refractivity contribution is 6.03. The van der Waals surface area contributed by atoms with E-state index in [0.717, 1.165) is 0 Å². The summed E-state index contributed by atoms with van der Waals surface area (Å²) >= 11 is 0. The van der Waals surface area contributed by atoms with E-state index in [1.165, 1.54) is 4.90 Å². The normalized spacial score (nSPS) is 28.0. The van der Waals surface area contributed by atoms with Crippen LogP contribution in [0.25, 0.3) is 0 Å². The van der Waals surface area contributed by atoms with E-state index in [4.69, 9.17) is 9.47 Å². The molecule has 2 unspecified atom stereocenters. The van der Waals surface area contributed by atoms with Crippen molar-refractivity contribution in [2.45, 2.75) is 57.8 Å². The van der Waals surface area contributed by atoms with Crippen molar-refractivity contribution in [3.63, 3.8) is 0 Å². The molecule has 2 aliphatic rings. The lowest BCUT2D eigenvalue weighted by molar-refractivity contribution is -0.153. The third kappa shape index (κ3) is 3.09. The quantitative estimate of drug-likeness (QED) is 0.736. The second kappa shape index (κ2) is 5.53. The summed E-state index contributed by atoms with van der Waals surface area (Å²) < 4.78 is 11.0. The molecule has 0 radical (unpaired) electrons. The Morgan fingerprint density at radius 1 is 1.32 bits per heavy atom. The molecule has 2 rings (SSSR count). The lowest BCUT2D eigenvalue weighted by Crippen LogP contribution is -2.52. The van der Waals surface area contributed by atoms with Crippen molar-refractivity contribution in [3.05, 3.63) is 0 Å². The summed E-state index contributed by atoms with van der Waals surface area (Å²) in [5.74, 6) is -2.69. The van der Waals surface area contributed by atoms with Crippen molar-refractivity contribution >= 4 is 17.8 Å². The van der Waals surface area contributed by atoms with Gasteiger partial charge in [-0.3, -0.25) is 9.59 Å². The van der Waals surface area contributed by atoms with Gasteiger partial charge in [0, 0.05) is 13.1 Å². The van der Waals surface area contributed by atoms with E-state index in [1.807, 2.05) is 0 Å². The third-order valence-electron chi connectivity index (χ3n) is 4.13. The third-order valence-corrected chi connectivity index (χ3v) is 4.13. The predicted molar refractivity (Wildman–Crippen MR) is 76.5 cm³/mol. The van der Waals surface area contributed by atoms with Gasteiger partial charge in [0.1, 0.15) is 17.6 Å². The number of carbonyl (C=O) groups excluding carboxylic acids is 2. The zero-order valence-corrected chi connectivity index (χ0v) is 13.4. The molecular weight excluding hydrogens is 290 g/mol.